The van der Waals surface area contributed by atoms with E-state index in [0.29, 0.717) is 12.0 Å². The highest BCUT2D eigenvalue weighted by Gasteiger charge is 1.92. The lowest BCUT2D eigenvalue weighted by Crippen LogP contribution is -1.88. The lowest BCUT2D eigenvalue weighted by Gasteiger charge is -1.96. The van der Waals surface area contributed by atoms with E-state index in [4.69, 9.17) is 0 Å². The van der Waals surface area contributed by atoms with E-state index in [9.17, 15) is 9.59 Å². The molecule has 66 valence electrons. The summed E-state index contributed by atoms with van der Waals surface area (Å²) in [6.07, 6.45) is 7.66. The SMILES string of the molecule is C/C(C=O)=C\C=C\C(C)CC=O. The zero-order valence-electron chi connectivity index (χ0n) is 7.49. The fourth-order valence-corrected chi connectivity index (χ4v) is 0.667. The molecule has 0 rings (SSSR count). The van der Waals surface area contributed by atoms with Crippen LogP contribution in [0.4, 0.5) is 0 Å². The molecule has 0 fully saturated rings. The molecule has 0 amide bonds. The molecular formula is C10H14O2. The lowest BCUT2D eigenvalue weighted by molar-refractivity contribution is -0.108. The average molecular weight is 166 g/mol. The number of hydrogen-bond acceptors (Lipinski definition) is 2. The molecule has 2 heteroatoms. The van der Waals surface area contributed by atoms with Gasteiger partial charge in [-0.25, -0.2) is 0 Å². The van der Waals surface area contributed by atoms with Crippen LogP contribution >= 0.6 is 0 Å². The second-order valence-electron chi connectivity index (χ2n) is 2.79. The van der Waals surface area contributed by atoms with Gasteiger partial charge in [-0.3, -0.25) is 4.79 Å². The molecule has 1 atom stereocenters. The second-order valence-corrected chi connectivity index (χ2v) is 2.79. The molecule has 0 aliphatic heterocycles. The summed E-state index contributed by atoms with van der Waals surface area (Å²) < 4.78 is 0. The van der Waals surface area contributed by atoms with Crippen LogP contribution in [-0.4, -0.2) is 12.6 Å². The zero-order chi connectivity index (χ0) is 9.40. The van der Waals surface area contributed by atoms with Gasteiger partial charge in [-0.15, -0.1) is 0 Å². The van der Waals surface area contributed by atoms with E-state index in [1.165, 1.54) is 0 Å². The third kappa shape index (κ3) is 5.59. The largest absolute Gasteiger partial charge is 0.303 e. The first-order valence-corrected chi connectivity index (χ1v) is 3.94. The number of carbonyl (C=O) groups is 2. The number of allylic oxidation sites excluding steroid dienone is 4. The molecule has 0 radical (unpaired) electrons. The van der Waals surface area contributed by atoms with Crippen LogP contribution in [0.3, 0.4) is 0 Å². The quantitative estimate of drug-likeness (QED) is 0.355. The molecular weight excluding hydrogens is 152 g/mol. The van der Waals surface area contributed by atoms with Gasteiger partial charge in [-0.05, 0) is 18.4 Å². The summed E-state index contributed by atoms with van der Waals surface area (Å²) in [7, 11) is 0. The Morgan fingerprint density at radius 2 is 2.08 bits per heavy atom. The van der Waals surface area contributed by atoms with E-state index in [1.54, 1.807) is 19.1 Å². The predicted octanol–water partition coefficient (Wildman–Crippen LogP) is 1.91. The molecule has 0 saturated carbocycles. The van der Waals surface area contributed by atoms with Crippen molar-refractivity contribution in [3.63, 3.8) is 0 Å². The maximum absolute atomic E-state index is 10.1. The van der Waals surface area contributed by atoms with Crippen LogP contribution in [0.1, 0.15) is 20.3 Å². The van der Waals surface area contributed by atoms with E-state index >= 15 is 0 Å². The van der Waals surface area contributed by atoms with Crippen LogP contribution in [0, 0.1) is 5.92 Å². The molecule has 0 N–H and O–H groups in total. The molecule has 0 heterocycles. The van der Waals surface area contributed by atoms with Crippen molar-refractivity contribution >= 4 is 12.6 Å². The van der Waals surface area contributed by atoms with Crippen molar-refractivity contribution in [2.75, 3.05) is 0 Å². The Labute approximate surface area is 73.0 Å². The van der Waals surface area contributed by atoms with E-state index in [-0.39, 0.29) is 5.92 Å². The van der Waals surface area contributed by atoms with Crippen molar-refractivity contribution in [2.24, 2.45) is 5.92 Å². The lowest BCUT2D eigenvalue weighted by atomic mass is 10.1. The molecule has 2 nitrogen and oxygen atoms in total. The van der Waals surface area contributed by atoms with E-state index in [0.717, 1.165) is 12.6 Å². The van der Waals surface area contributed by atoms with Crippen LogP contribution in [0.15, 0.2) is 23.8 Å². The van der Waals surface area contributed by atoms with Crippen molar-refractivity contribution in [3.05, 3.63) is 23.8 Å². The summed E-state index contributed by atoms with van der Waals surface area (Å²) in [6, 6.07) is 0. The molecule has 0 aromatic rings. The summed E-state index contributed by atoms with van der Waals surface area (Å²) in [5, 5.41) is 0. The van der Waals surface area contributed by atoms with Crippen molar-refractivity contribution in [2.45, 2.75) is 20.3 Å². The van der Waals surface area contributed by atoms with Crippen LogP contribution in [0.25, 0.3) is 0 Å². The van der Waals surface area contributed by atoms with Crippen LogP contribution < -0.4 is 0 Å². The Hall–Kier alpha value is -1.18. The number of aldehydes is 2. The predicted molar refractivity (Wildman–Crippen MR) is 48.8 cm³/mol. The fourth-order valence-electron chi connectivity index (χ4n) is 0.667. The monoisotopic (exact) mass is 166 g/mol. The van der Waals surface area contributed by atoms with Gasteiger partial charge in [0.1, 0.15) is 12.6 Å². The highest BCUT2D eigenvalue weighted by Crippen LogP contribution is 2.01. The summed E-state index contributed by atoms with van der Waals surface area (Å²) >= 11 is 0. The Morgan fingerprint density at radius 3 is 2.58 bits per heavy atom. The minimum Gasteiger partial charge on any atom is -0.303 e. The average Bonchev–Trinajstić information content (AvgIpc) is 2.04. The van der Waals surface area contributed by atoms with Gasteiger partial charge >= 0.3 is 0 Å². The van der Waals surface area contributed by atoms with Crippen molar-refractivity contribution < 1.29 is 9.59 Å². The van der Waals surface area contributed by atoms with Gasteiger partial charge in [0.05, 0.1) is 0 Å². The van der Waals surface area contributed by atoms with E-state index in [2.05, 4.69) is 0 Å². The normalized spacial score (nSPS) is 14.7. The van der Waals surface area contributed by atoms with Gasteiger partial charge in [0.25, 0.3) is 0 Å². The first kappa shape index (κ1) is 10.8. The molecule has 0 aromatic heterocycles. The molecule has 0 aliphatic carbocycles. The van der Waals surface area contributed by atoms with Crippen molar-refractivity contribution in [3.8, 4) is 0 Å². The van der Waals surface area contributed by atoms with Crippen LogP contribution in [0.5, 0.6) is 0 Å². The van der Waals surface area contributed by atoms with E-state index < -0.39 is 0 Å². The number of rotatable bonds is 5. The zero-order valence-corrected chi connectivity index (χ0v) is 7.49. The Balaban J connectivity index is 3.89. The van der Waals surface area contributed by atoms with Crippen LogP contribution in [-0.2, 0) is 9.59 Å². The number of hydrogen-bond donors (Lipinski definition) is 0. The molecule has 1 unspecified atom stereocenters. The van der Waals surface area contributed by atoms with Crippen molar-refractivity contribution in [1.82, 2.24) is 0 Å². The first-order valence-electron chi connectivity index (χ1n) is 3.94. The highest BCUT2D eigenvalue weighted by atomic mass is 16.1. The summed E-state index contributed by atoms with van der Waals surface area (Å²) in [4.78, 5) is 20.2. The van der Waals surface area contributed by atoms with Gasteiger partial charge in [0, 0.05) is 6.42 Å². The minimum absolute atomic E-state index is 0.248. The summed E-state index contributed by atoms with van der Waals surface area (Å²) in [6.45, 7) is 3.69. The van der Waals surface area contributed by atoms with Crippen molar-refractivity contribution in [1.29, 1.82) is 0 Å². The van der Waals surface area contributed by atoms with Gasteiger partial charge in [0.2, 0.25) is 0 Å². The second kappa shape index (κ2) is 6.53. The standard InChI is InChI=1S/C10H14O2/c1-9(6-7-11)4-3-5-10(2)8-12/h3-5,7-9H,6H2,1-2H3/b4-3+,10-5+. The van der Waals surface area contributed by atoms with Gasteiger partial charge in [-0.1, -0.05) is 25.2 Å². The molecule has 0 bridgehead atoms. The molecule has 0 saturated heterocycles. The fraction of sp³-hybridized carbons (Fsp3) is 0.400. The summed E-state index contributed by atoms with van der Waals surface area (Å²) in [5.41, 5.74) is 0.685. The third-order valence-electron chi connectivity index (χ3n) is 1.45. The third-order valence-corrected chi connectivity index (χ3v) is 1.45. The summed E-state index contributed by atoms with van der Waals surface area (Å²) in [5.74, 6) is 0.248. The smallest absolute Gasteiger partial charge is 0.145 e. The van der Waals surface area contributed by atoms with Gasteiger partial charge < -0.3 is 4.79 Å². The van der Waals surface area contributed by atoms with Gasteiger partial charge in [-0.2, -0.15) is 0 Å². The molecule has 0 aliphatic rings. The number of carbonyl (C=O) groups excluding carboxylic acids is 2. The topological polar surface area (TPSA) is 34.1 Å². The Kier molecular flexibility index (Phi) is 5.88. The van der Waals surface area contributed by atoms with Crippen LogP contribution in [0.2, 0.25) is 0 Å². The molecule has 12 heavy (non-hydrogen) atoms. The van der Waals surface area contributed by atoms with E-state index in [1.807, 2.05) is 13.0 Å². The maximum Gasteiger partial charge on any atom is 0.145 e. The minimum atomic E-state index is 0.248. The Morgan fingerprint density at radius 1 is 1.42 bits per heavy atom. The maximum atomic E-state index is 10.1. The molecule has 0 aromatic carbocycles. The Bertz CT molecular complexity index is 202. The highest BCUT2D eigenvalue weighted by molar-refractivity contribution is 5.72. The first-order chi connectivity index (χ1) is 5.70. The van der Waals surface area contributed by atoms with Gasteiger partial charge in [0.15, 0.2) is 0 Å². The molecule has 0 spiro atoms.